The van der Waals surface area contributed by atoms with Gasteiger partial charge in [-0.2, -0.15) is 4.98 Å². The zero-order chi connectivity index (χ0) is 57.8. The minimum atomic E-state index is -0.897. The van der Waals surface area contributed by atoms with Gasteiger partial charge < -0.3 is 39.5 Å². The molecule has 0 aliphatic carbocycles. The van der Waals surface area contributed by atoms with Gasteiger partial charge in [0.25, 0.3) is 0 Å². The van der Waals surface area contributed by atoms with Crippen molar-refractivity contribution < 1.29 is 38.1 Å². The van der Waals surface area contributed by atoms with Gasteiger partial charge in [-0.15, -0.1) is 0 Å². The van der Waals surface area contributed by atoms with E-state index in [2.05, 4.69) is 43.4 Å². The second kappa shape index (κ2) is 24.1. The lowest BCUT2D eigenvalue weighted by molar-refractivity contribution is -0.126. The number of amides is 2. The SMILES string of the molecule is C=CC(=O)N1CCN(c2nc(=O)n(-c3c(C)ccnc3C(C)C)c3nc(-c4c(O)cccc4F)c(F)cc23)C(C)C1.COC(=O)c1ccc2c(C(=Nc3ccc(N(C)C(=O)CN4CCN(C)CC4)cc3)c3ccccc3)c(O)[nH]c2c1. The van der Waals surface area contributed by atoms with Crippen LogP contribution in [0.4, 0.5) is 26.0 Å². The summed E-state index contributed by atoms with van der Waals surface area (Å²) in [6.07, 6.45) is 2.89. The number of ether oxygens (including phenoxy) is 1. The Morgan fingerprint density at radius 3 is 2.28 bits per heavy atom. The molecular weight excluding hydrogens is 1040 g/mol. The molecule has 4 aromatic carbocycles. The van der Waals surface area contributed by atoms with Crippen molar-refractivity contribution in [3.05, 3.63) is 172 Å². The van der Waals surface area contributed by atoms with Crippen molar-refractivity contribution in [2.24, 2.45) is 4.99 Å². The number of benzene rings is 4. The number of nitrogens with one attached hydrogen (secondary N) is 1. The third-order valence-corrected chi connectivity index (χ3v) is 14.6. The minimum Gasteiger partial charge on any atom is -0.507 e. The molecule has 2 saturated heterocycles. The van der Waals surface area contributed by atoms with E-state index in [9.17, 15) is 33.8 Å². The summed E-state index contributed by atoms with van der Waals surface area (Å²) in [4.78, 5) is 82.0. The number of aromatic nitrogens is 5. The molecule has 2 aliphatic heterocycles. The second-order valence-electron chi connectivity index (χ2n) is 20.4. The number of esters is 1. The molecule has 0 saturated carbocycles. The summed E-state index contributed by atoms with van der Waals surface area (Å²) in [5, 5.41) is 22.3. The molecule has 2 aliphatic rings. The van der Waals surface area contributed by atoms with Gasteiger partial charge in [-0.05, 0) is 99.1 Å². The van der Waals surface area contributed by atoms with Gasteiger partial charge in [-0.1, -0.05) is 62.9 Å². The van der Waals surface area contributed by atoms with Crippen molar-refractivity contribution in [3.8, 4) is 28.6 Å². The van der Waals surface area contributed by atoms with Crippen LogP contribution in [0.15, 0.2) is 132 Å². The molecule has 10 rings (SSSR count). The molecule has 18 nitrogen and oxygen atoms in total. The number of anilines is 2. The van der Waals surface area contributed by atoms with Crippen molar-refractivity contribution in [3.63, 3.8) is 0 Å². The predicted octanol–water partition coefficient (Wildman–Crippen LogP) is 8.52. The van der Waals surface area contributed by atoms with Crippen LogP contribution < -0.4 is 15.5 Å². The number of piperazine rings is 2. The Kier molecular flexibility index (Phi) is 16.8. The van der Waals surface area contributed by atoms with Crippen LogP contribution in [0.3, 0.4) is 0 Å². The first-order chi connectivity index (χ1) is 38.9. The summed E-state index contributed by atoms with van der Waals surface area (Å²) in [5.74, 6) is -2.81. The molecule has 418 valence electrons. The van der Waals surface area contributed by atoms with Crippen LogP contribution in [0.2, 0.25) is 0 Å². The molecule has 4 aromatic heterocycles. The maximum Gasteiger partial charge on any atom is 0.355 e. The van der Waals surface area contributed by atoms with E-state index >= 15 is 4.39 Å². The van der Waals surface area contributed by atoms with Crippen molar-refractivity contribution >= 4 is 62.6 Å². The number of aromatic hydroxyl groups is 2. The molecule has 0 radical (unpaired) electrons. The molecule has 3 N–H and O–H groups in total. The number of aromatic amines is 1. The number of methoxy groups -OCH3 is 1. The van der Waals surface area contributed by atoms with Crippen molar-refractivity contribution in [1.29, 1.82) is 0 Å². The Hall–Kier alpha value is -9.14. The van der Waals surface area contributed by atoms with E-state index in [1.54, 1.807) is 47.3 Å². The topological polar surface area (TPSA) is 206 Å². The number of carbonyl (C=O) groups is 3. The molecule has 2 amide bonds. The normalized spacial score (nSPS) is 15.2. The van der Waals surface area contributed by atoms with Gasteiger partial charge in [-0.3, -0.25) is 19.5 Å². The number of H-pyrrole nitrogens is 1. The number of carbonyl (C=O) groups excluding carboxylic acids is 3. The number of hydrogen-bond donors (Lipinski definition) is 3. The molecule has 2 fully saturated rings. The number of pyridine rings is 2. The van der Waals surface area contributed by atoms with Crippen LogP contribution in [0.5, 0.6) is 11.6 Å². The fraction of sp³-hybridized carbons (Fsp3) is 0.279. The highest BCUT2D eigenvalue weighted by Crippen LogP contribution is 2.38. The van der Waals surface area contributed by atoms with Gasteiger partial charge in [0.2, 0.25) is 11.8 Å². The molecule has 81 heavy (non-hydrogen) atoms. The van der Waals surface area contributed by atoms with E-state index in [4.69, 9.17) is 9.73 Å². The van der Waals surface area contributed by atoms with E-state index in [0.29, 0.717) is 71.2 Å². The van der Waals surface area contributed by atoms with Crippen molar-refractivity contribution in [1.82, 2.24) is 39.2 Å². The lowest BCUT2D eigenvalue weighted by Crippen LogP contribution is -2.54. The van der Waals surface area contributed by atoms with Gasteiger partial charge in [0.1, 0.15) is 23.1 Å². The van der Waals surface area contributed by atoms with Crippen LogP contribution >= 0.6 is 0 Å². The van der Waals surface area contributed by atoms with Crippen LogP contribution in [0.25, 0.3) is 38.9 Å². The summed E-state index contributed by atoms with van der Waals surface area (Å²) >= 11 is 0. The highest BCUT2D eigenvalue weighted by molar-refractivity contribution is 6.22. The maximum absolute atomic E-state index is 15.8. The zero-order valence-electron chi connectivity index (χ0n) is 46.2. The summed E-state index contributed by atoms with van der Waals surface area (Å²) in [6.45, 7) is 16.2. The zero-order valence-corrected chi connectivity index (χ0v) is 46.2. The van der Waals surface area contributed by atoms with E-state index < -0.39 is 40.3 Å². The summed E-state index contributed by atoms with van der Waals surface area (Å²) in [7, 11) is 5.22. The first-order valence-corrected chi connectivity index (χ1v) is 26.5. The van der Waals surface area contributed by atoms with Crippen LogP contribution in [0, 0.1) is 18.6 Å². The first-order valence-electron chi connectivity index (χ1n) is 26.5. The fourth-order valence-corrected chi connectivity index (χ4v) is 10.2. The van der Waals surface area contributed by atoms with Gasteiger partial charge >= 0.3 is 11.7 Å². The van der Waals surface area contributed by atoms with Gasteiger partial charge in [0, 0.05) is 87.3 Å². The molecule has 20 heteroatoms. The van der Waals surface area contributed by atoms with E-state index in [1.807, 2.05) is 87.2 Å². The number of nitrogens with zero attached hydrogens (tertiary/aromatic N) is 10. The largest absolute Gasteiger partial charge is 0.507 e. The van der Waals surface area contributed by atoms with Crippen molar-refractivity contribution in [2.75, 3.05) is 83.4 Å². The summed E-state index contributed by atoms with van der Waals surface area (Å²) in [5.41, 5.74) is 4.62. The molecular formula is C61H63F2N11O7. The smallest absolute Gasteiger partial charge is 0.355 e. The highest BCUT2D eigenvalue weighted by atomic mass is 19.1. The minimum absolute atomic E-state index is 0.0360. The fourth-order valence-electron chi connectivity index (χ4n) is 10.2. The maximum atomic E-state index is 15.8. The van der Waals surface area contributed by atoms with Gasteiger partial charge in [0.05, 0.1) is 58.5 Å². The lowest BCUT2D eigenvalue weighted by Gasteiger charge is -2.40. The third kappa shape index (κ3) is 11.8. The molecule has 1 unspecified atom stereocenters. The Morgan fingerprint density at radius 1 is 0.889 bits per heavy atom. The summed E-state index contributed by atoms with van der Waals surface area (Å²) < 4.78 is 36.8. The number of fused-ring (bicyclic) bond motifs is 2. The average Bonchev–Trinajstić information content (AvgIpc) is 3.82. The number of aryl methyl sites for hydroxylation is 1. The Balaban J connectivity index is 0.000000196. The molecule has 0 bridgehead atoms. The number of phenolic OH excluding ortho intramolecular Hbond substituents is 1. The molecule has 6 heterocycles. The Labute approximate surface area is 466 Å². The van der Waals surface area contributed by atoms with Gasteiger partial charge in [-0.25, -0.2) is 32.9 Å². The van der Waals surface area contributed by atoms with Gasteiger partial charge in [0.15, 0.2) is 17.3 Å². The number of phenols is 1. The molecule has 0 spiro atoms. The molecule has 8 aromatic rings. The number of halogens is 2. The Bertz CT molecular complexity index is 3760. The quantitative estimate of drug-likeness (QED) is 0.0597. The number of likely N-dealkylation sites (N-methyl/N-ethyl adjacent to an activating group) is 2. The number of rotatable bonds is 12. The molecule has 1 atom stereocenters. The third-order valence-electron chi connectivity index (χ3n) is 14.6. The first kappa shape index (κ1) is 56.6. The van der Waals surface area contributed by atoms with E-state index in [1.165, 1.54) is 29.9 Å². The van der Waals surface area contributed by atoms with E-state index in [0.717, 1.165) is 54.9 Å². The predicted molar refractivity (Wildman–Crippen MR) is 309 cm³/mol. The van der Waals surface area contributed by atoms with Crippen molar-refractivity contribution in [2.45, 2.75) is 39.7 Å². The van der Waals surface area contributed by atoms with E-state index in [-0.39, 0.29) is 46.5 Å². The highest BCUT2D eigenvalue weighted by Gasteiger charge is 2.32. The monoisotopic (exact) mass is 1100 g/mol. The summed E-state index contributed by atoms with van der Waals surface area (Å²) in [6, 6.07) is 28.4. The second-order valence-corrected chi connectivity index (χ2v) is 20.4. The average molecular weight is 1100 g/mol. The standard InChI is InChI=1S/C31H33N5O4.C30H30F2N6O3/c1-34-15-17-36(18-16-34)20-27(37)35(2)24-12-10-23(11-13-24)32-29(21-7-5-4-6-8-21)28-25-14-9-22(31(39)40-3)19-26(25)33-30(28)38;1-6-23(40)36-12-13-37(18(5)15-36)28-19-14-21(32)26(24-20(31)8-7-9-22(24)39)34-29(19)38(30(41)35-28)27-17(4)10-11-33-25(27)16(2)3/h4-14,19,33,38H,15-18,20H2,1-3H3;6-11,14,16,18,39H,1,12-13,15H2,2-5H3. The Morgan fingerprint density at radius 2 is 1.62 bits per heavy atom. The lowest BCUT2D eigenvalue weighted by atomic mass is 10.00. The van der Waals surface area contributed by atoms with Crippen LogP contribution in [-0.4, -0.2) is 153 Å². The number of aliphatic imine (C=N–C) groups is 1. The van der Waals surface area contributed by atoms with Crippen LogP contribution in [0.1, 0.15) is 59.4 Å². The van der Waals surface area contributed by atoms with Crippen LogP contribution in [-0.2, 0) is 14.3 Å². The number of hydrogen-bond acceptors (Lipinski definition) is 14.